The summed E-state index contributed by atoms with van der Waals surface area (Å²) in [7, 11) is 3.43. The fourth-order valence-electron chi connectivity index (χ4n) is 3.26. The smallest absolute Gasteiger partial charge is 0.270 e. The molecule has 3 rings (SSSR count). The Morgan fingerprint density at radius 1 is 1.21 bits per heavy atom. The van der Waals surface area contributed by atoms with Crippen LogP contribution in [0.2, 0.25) is 0 Å². The van der Waals surface area contributed by atoms with Crippen molar-refractivity contribution in [2.75, 3.05) is 37.7 Å². The van der Waals surface area contributed by atoms with Crippen molar-refractivity contribution in [1.29, 1.82) is 0 Å². The number of fused-ring (bicyclic) bond motifs is 1. The molecular formula is C19H25FN4O2S2. The highest BCUT2D eigenvalue weighted by atomic mass is 33.1. The molecule has 1 saturated heterocycles. The zero-order valence-corrected chi connectivity index (χ0v) is 17.2. The van der Waals surface area contributed by atoms with Crippen LogP contribution in [0.5, 0.6) is 0 Å². The molecule has 2 amide bonds. The molecule has 6 nitrogen and oxygen atoms in total. The van der Waals surface area contributed by atoms with Gasteiger partial charge in [-0.05, 0) is 37.1 Å². The van der Waals surface area contributed by atoms with Crippen molar-refractivity contribution in [3.05, 3.63) is 35.8 Å². The average Bonchev–Trinajstić information content (AvgIpc) is 3.13. The molecule has 0 unspecified atom stereocenters. The topological polar surface area (TPSA) is 91.2 Å². The number of carbonyl (C=O) groups is 2. The van der Waals surface area contributed by atoms with Crippen LogP contribution in [0.25, 0.3) is 10.9 Å². The van der Waals surface area contributed by atoms with E-state index in [1.807, 2.05) is 0 Å². The van der Waals surface area contributed by atoms with Crippen LogP contribution in [0.4, 0.5) is 4.39 Å². The van der Waals surface area contributed by atoms with Gasteiger partial charge < -0.3 is 20.9 Å². The van der Waals surface area contributed by atoms with E-state index >= 15 is 0 Å². The number of halogens is 1. The van der Waals surface area contributed by atoms with E-state index in [0.717, 1.165) is 17.0 Å². The Kier molecular flexibility index (Phi) is 7.64. The number of hydrogen-bond donors (Lipinski definition) is 3. The summed E-state index contributed by atoms with van der Waals surface area (Å²) in [6.07, 6.45) is 1.31. The Morgan fingerprint density at radius 3 is 2.71 bits per heavy atom. The van der Waals surface area contributed by atoms with Crippen LogP contribution in [0.3, 0.4) is 0 Å². The molecule has 2 heterocycles. The molecule has 9 heteroatoms. The van der Waals surface area contributed by atoms with Crippen molar-refractivity contribution >= 4 is 44.3 Å². The summed E-state index contributed by atoms with van der Waals surface area (Å²) in [6, 6.07) is 6.09. The summed E-state index contributed by atoms with van der Waals surface area (Å²) in [5, 5.41) is 3.66. The lowest BCUT2D eigenvalue weighted by Crippen LogP contribution is -2.43. The van der Waals surface area contributed by atoms with Gasteiger partial charge in [-0.3, -0.25) is 9.59 Å². The quantitative estimate of drug-likeness (QED) is 0.448. The zero-order chi connectivity index (χ0) is 19.9. The number of aromatic nitrogens is 1. The molecule has 0 bridgehead atoms. The molecule has 1 fully saturated rings. The summed E-state index contributed by atoms with van der Waals surface area (Å²) >= 11 is 0. The van der Waals surface area contributed by atoms with Gasteiger partial charge in [-0.15, -0.1) is 0 Å². The van der Waals surface area contributed by atoms with E-state index in [9.17, 15) is 14.0 Å². The van der Waals surface area contributed by atoms with Crippen LogP contribution in [-0.4, -0.2) is 59.4 Å². The highest BCUT2D eigenvalue weighted by molar-refractivity contribution is 8.76. The number of H-pyrrole nitrogens is 1. The number of nitrogens with zero attached hydrogens (tertiary/aromatic N) is 1. The third-order valence-electron chi connectivity index (χ3n) is 4.74. The molecule has 1 aliphatic heterocycles. The first-order valence-electron chi connectivity index (χ1n) is 9.38. The molecule has 1 aliphatic rings. The van der Waals surface area contributed by atoms with E-state index in [-0.39, 0.29) is 23.5 Å². The summed E-state index contributed by atoms with van der Waals surface area (Å²) in [4.78, 5) is 29.8. The van der Waals surface area contributed by atoms with Crippen molar-refractivity contribution < 1.29 is 14.0 Å². The van der Waals surface area contributed by atoms with Crippen LogP contribution in [-0.2, 0) is 4.79 Å². The number of rotatable bonds is 8. The lowest BCUT2D eigenvalue weighted by molar-refractivity contribution is -0.126. The molecule has 28 heavy (non-hydrogen) atoms. The molecule has 0 spiro atoms. The van der Waals surface area contributed by atoms with E-state index in [2.05, 4.69) is 10.3 Å². The molecule has 1 aromatic heterocycles. The van der Waals surface area contributed by atoms with Crippen molar-refractivity contribution in [1.82, 2.24) is 15.2 Å². The zero-order valence-electron chi connectivity index (χ0n) is 15.6. The normalized spacial score (nSPS) is 15.1. The average molecular weight is 425 g/mol. The first-order chi connectivity index (χ1) is 13.6. The molecule has 1 aromatic carbocycles. The van der Waals surface area contributed by atoms with Gasteiger partial charge in [0.15, 0.2) is 0 Å². The number of amides is 2. The molecular weight excluding hydrogens is 399 g/mol. The van der Waals surface area contributed by atoms with Gasteiger partial charge in [0.2, 0.25) is 5.91 Å². The SMILES string of the molecule is NCCSSCCNC(=O)C1CCN(C(=O)c2cc3cc(F)ccc3[nH]2)CC1. The Balaban J connectivity index is 1.45. The predicted molar refractivity (Wildman–Crippen MR) is 114 cm³/mol. The monoisotopic (exact) mass is 424 g/mol. The van der Waals surface area contributed by atoms with Crippen molar-refractivity contribution in [3.8, 4) is 0 Å². The molecule has 152 valence electrons. The van der Waals surface area contributed by atoms with Crippen LogP contribution < -0.4 is 11.1 Å². The Bertz CT molecular complexity index is 821. The molecule has 0 atom stereocenters. The van der Waals surface area contributed by atoms with Gasteiger partial charge in [-0.2, -0.15) is 0 Å². The van der Waals surface area contributed by atoms with Crippen LogP contribution in [0.15, 0.2) is 24.3 Å². The first-order valence-corrected chi connectivity index (χ1v) is 11.9. The largest absolute Gasteiger partial charge is 0.355 e. The summed E-state index contributed by atoms with van der Waals surface area (Å²) in [5.74, 6) is 1.35. The number of nitrogens with two attached hydrogens (primary N) is 1. The van der Waals surface area contributed by atoms with Crippen LogP contribution >= 0.6 is 21.6 Å². The summed E-state index contributed by atoms with van der Waals surface area (Å²) in [6.45, 7) is 2.39. The fraction of sp³-hybridized carbons (Fsp3) is 0.474. The Labute approximate surface area is 171 Å². The maximum atomic E-state index is 13.3. The lowest BCUT2D eigenvalue weighted by atomic mass is 9.95. The summed E-state index contributed by atoms with van der Waals surface area (Å²) in [5.41, 5.74) is 6.63. The van der Waals surface area contributed by atoms with Gasteiger partial charge in [0, 0.05) is 54.5 Å². The predicted octanol–water partition coefficient (Wildman–Crippen LogP) is 2.62. The standard InChI is InChI=1S/C19H25FN4O2S2/c20-15-1-2-16-14(11-15)12-17(23-16)19(26)24-7-3-13(4-8-24)18(25)22-6-10-28-27-9-5-21/h1-2,11-13,23H,3-10,21H2,(H,22,25). The maximum Gasteiger partial charge on any atom is 0.270 e. The van der Waals surface area contributed by atoms with E-state index in [4.69, 9.17) is 5.73 Å². The van der Waals surface area contributed by atoms with Gasteiger partial charge in [0.1, 0.15) is 11.5 Å². The second-order valence-corrected chi connectivity index (χ2v) is 9.41. The van der Waals surface area contributed by atoms with E-state index in [1.165, 1.54) is 12.1 Å². The van der Waals surface area contributed by atoms with Crippen LogP contribution in [0, 0.1) is 11.7 Å². The Morgan fingerprint density at radius 2 is 1.96 bits per heavy atom. The minimum atomic E-state index is -0.325. The first kappa shape index (κ1) is 21.0. The molecule has 0 aliphatic carbocycles. The second kappa shape index (κ2) is 10.2. The van der Waals surface area contributed by atoms with Gasteiger partial charge in [0.25, 0.3) is 5.91 Å². The molecule has 0 saturated carbocycles. The third kappa shape index (κ3) is 5.42. The lowest BCUT2D eigenvalue weighted by Gasteiger charge is -2.31. The number of piperidine rings is 1. The highest BCUT2D eigenvalue weighted by Gasteiger charge is 2.28. The van der Waals surface area contributed by atoms with Crippen molar-refractivity contribution in [2.24, 2.45) is 11.7 Å². The Hall–Kier alpha value is -1.71. The number of likely N-dealkylation sites (tertiary alicyclic amines) is 1. The van der Waals surface area contributed by atoms with E-state index < -0.39 is 0 Å². The van der Waals surface area contributed by atoms with E-state index in [0.29, 0.717) is 50.1 Å². The highest BCUT2D eigenvalue weighted by Crippen LogP contribution is 2.22. The second-order valence-electron chi connectivity index (χ2n) is 6.70. The minimum absolute atomic E-state index is 0.0532. The maximum absolute atomic E-state index is 13.3. The summed E-state index contributed by atoms with van der Waals surface area (Å²) < 4.78 is 13.3. The number of benzene rings is 1. The van der Waals surface area contributed by atoms with Gasteiger partial charge >= 0.3 is 0 Å². The van der Waals surface area contributed by atoms with Gasteiger partial charge in [-0.1, -0.05) is 21.6 Å². The number of hydrogen-bond acceptors (Lipinski definition) is 5. The minimum Gasteiger partial charge on any atom is -0.355 e. The fourth-order valence-corrected chi connectivity index (χ4v) is 5.02. The van der Waals surface area contributed by atoms with Crippen molar-refractivity contribution in [2.45, 2.75) is 12.8 Å². The van der Waals surface area contributed by atoms with Crippen LogP contribution in [0.1, 0.15) is 23.3 Å². The molecule has 4 N–H and O–H groups in total. The third-order valence-corrected chi connectivity index (χ3v) is 7.18. The number of aromatic amines is 1. The van der Waals surface area contributed by atoms with E-state index in [1.54, 1.807) is 38.6 Å². The molecule has 0 radical (unpaired) electrons. The number of carbonyl (C=O) groups excluding carboxylic acids is 2. The van der Waals surface area contributed by atoms with Gasteiger partial charge in [0.05, 0.1) is 0 Å². The van der Waals surface area contributed by atoms with Crippen molar-refractivity contribution in [3.63, 3.8) is 0 Å². The number of nitrogens with one attached hydrogen (secondary N) is 2. The van der Waals surface area contributed by atoms with Gasteiger partial charge in [-0.25, -0.2) is 4.39 Å². The molecule has 2 aromatic rings.